The standard InChI is InChI=1S/C12H18O/c1-3-4-5-8-11-10(2)7-6-9-12(11)13/h12-13H,5-9H2,1-2H3. The van der Waals surface area contributed by atoms with Crippen LogP contribution in [0.3, 0.4) is 0 Å². The van der Waals surface area contributed by atoms with Crippen LogP contribution in [-0.2, 0) is 0 Å². The minimum atomic E-state index is -0.188. The molecule has 1 aliphatic carbocycles. The Bertz CT molecular complexity index is 252. The van der Waals surface area contributed by atoms with E-state index in [0.717, 1.165) is 32.1 Å². The van der Waals surface area contributed by atoms with Crippen molar-refractivity contribution in [3.05, 3.63) is 11.1 Å². The summed E-state index contributed by atoms with van der Waals surface area (Å²) in [4.78, 5) is 0. The van der Waals surface area contributed by atoms with Crippen molar-refractivity contribution in [2.45, 2.75) is 52.1 Å². The third kappa shape index (κ3) is 2.90. The van der Waals surface area contributed by atoms with Crippen molar-refractivity contribution in [1.29, 1.82) is 0 Å². The molecule has 1 N–H and O–H groups in total. The van der Waals surface area contributed by atoms with E-state index >= 15 is 0 Å². The molecule has 0 heterocycles. The molecule has 1 aliphatic rings. The highest BCUT2D eigenvalue weighted by Crippen LogP contribution is 2.27. The van der Waals surface area contributed by atoms with E-state index < -0.39 is 0 Å². The molecule has 0 amide bonds. The van der Waals surface area contributed by atoms with Crippen LogP contribution in [0.15, 0.2) is 11.1 Å². The highest BCUT2D eigenvalue weighted by Gasteiger charge is 2.17. The van der Waals surface area contributed by atoms with Crippen molar-refractivity contribution in [3.8, 4) is 11.8 Å². The van der Waals surface area contributed by atoms with E-state index in [-0.39, 0.29) is 6.10 Å². The van der Waals surface area contributed by atoms with E-state index in [2.05, 4.69) is 18.8 Å². The summed E-state index contributed by atoms with van der Waals surface area (Å²) in [5.74, 6) is 5.92. The van der Waals surface area contributed by atoms with Crippen molar-refractivity contribution in [2.75, 3.05) is 0 Å². The van der Waals surface area contributed by atoms with Crippen LogP contribution < -0.4 is 0 Å². The Kier molecular flexibility index (Phi) is 4.05. The van der Waals surface area contributed by atoms with Gasteiger partial charge < -0.3 is 5.11 Å². The average Bonchev–Trinajstić information content (AvgIpc) is 2.10. The van der Waals surface area contributed by atoms with Crippen LogP contribution in [-0.4, -0.2) is 11.2 Å². The van der Waals surface area contributed by atoms with Crippen LogP contribution in [0.25, 0.3) is 0 Å². The van der Waals surface area contributed by atoms with E-state index in [9.17, 15) is 5.11 Å². The summed E-state index contributed by atoms with van der Waals surface area (Å²) in [5, 5.41) is 9.73. The Morgan fingerprint density at radius 2 is 2.31 bits per heavy atom. The fourth-order valence-corrected chi connectivity index (χ4v) is 1.88. The molecular weight excluding hydrogens is 160 g/mol. The molecule has 13 heavy (non-hydrogen) atoms. The van der Waals surface area contributed by atoms with Gasteiger partial charge in [0, 0.05) is 6.42 Å². The lowest BCUT2D eigenvalue weighted by molar-refractivity contribution is 0.184. The Balaban J connectivity index is 2.56. The van der Waals surface area contributed by atoms with Gasteiger partial charge in [-0.1, -0.05) is 5.57 Å². The largest absolute Gasteiger partial charge is 0.389 e. The lowest BCUT2D eigenvalue weighted by atomic mass is 9.88. The van der Waals surface area contributed by atoms with Gasteiger partial charge in [0.2, 0.25) is 0 Å². The van der Waals surface area contributed by atoms with Crippen molar-refractivity contribution in [2.24, 2.45) is 0 Å². The molecule has 0 bridgehead atoms. The maximum absolute atomic E-state index is 9.73. The van der Waals surface area contributed by atoms with Crippen molar-refractivity contribution in [3.63, 3.8) is 0 Å². The van der Waals surface area contributed by atoms with E-state index in [0.29, 0.717) is 0 Å². The number of hydrogen-bond donors (Lipinski definition) is 1. The van der Waals surface area contributed by atoms with Gasteiger partial charge in [-0.25, -0.2) is 0 Å². The molecule has 0 spiro atoms. The predicted octanol–water partition coefficient (Wildman–Crippen LogP) is 2.65. The predicted molar refractivity (Wildman–Crippen MR) is 55.2 cm³/mol. The molecule has 0 saturated heterocycles. The molecule has 1 heteroatoms. The fourth-order valence-electron chi connectivity index (χ4n) is 1.88. The van der Waals surface area contributed by atoms with Gasteiger partial charge >= 0.3 is 0 Å². The van der Waals surface area contributed by atoms with Crippen LogP contribution in [0.5, 0.6) is 0 Å². The number of hydrogen-bond acceptors (Lipinski definition) is 1. The SMILES string of the molecule is CC#CCCC1=C(C)CCCC1O. The second-order valence-electron chi connectivity index (χ2n) is 3.64. The second-order valence-corrected chi connectivity index (χ2v) is 3.64. The molecule has 0 aromatic heterocycles. The summed E-state index contributed by atoms with van der Waals surface area (Å²) in [7, 11) is 0. The maximum atomic E-state index is 9.73. The summed E-state index contributed by atoms with van der Waals surface area (Å²) in [6, 6.07) is 0. The maximum Gasteiger partial charge on any atom is 0.0753 e. The van der Waals surface area contributed by atoms with E-state index in [1.54, 1.807) is 0 Å². The lowest BCUT2D eigenvalue weighted by Crippen LogP contribution is -2.16. The monoisotopic (exact) mass is 178 g/mol. The van der Waals surface area contributed by atoms with E-state index in [1.807, 2.05) is 6.92 Å². The van der Waals surface area contributed by atoms with Crippen molar-refractivity contribution >= 4 is 0 Å². The van der Waals surface area contributed by atoms with E-state index in [4.69, 9.17) is 0 Å². The number of aliphatic hydroxyl groups excluding tert-OH is 1. The molecule has 0 aliphatic heterocycles. The van der Waals surface area contributed by atoms with Gasteiger partial charge in [-0.2, -0.15) is 0 Å². The zero-order valence-corrected chi connectivity index (χ0v) is 8.56. The Hall–Kier alpha value is -0.740. The molecule has 0 radical (unpaired) electrons. The highest BCUT2D eigenvalue weighted by atomic mass is 16.3. The van der Waals surface area contributed by atoms with Crippen LogP contribution >= 0.6 is 0 Å². The van der Waals surface area contributed by atoms with Crippen LogP contribution in [0.2, 0.25) is 0 Å². The minimum Gasteiger partial charge on any atom is -0.389 e. The van der Waals surface area contributed by atoms with Gasteiger partial charge in [0.15, 0.2) is 0 Å². The van der Waals surface area contributed by atoms with Crippen molar-refractivity contribution in [1.82, 2.24) is 0 Å². The quantitative estimate of drug-likeness (QED) is 0.509. The number of rotatable bonds is 2. The summed E-state index contributed by atoms with van der Waals surface area (Å²) >= 11 is 0. The zero-order chi connectivity index (χ0) is 9.68. The molecule has 0 aromatic carbocycles. The number of aliphatic hydroxyl groups is 1. The average molecular weight is 178 g/mol. The summed E-state index contributed by atoms with van der Waals surface area (Å²) < 4.78 is 0. The lowest BCUT2D eigenvalue weighted by Gasteiger charge is -2.22. The normalized spacial score (nSPS) is 22.5. The van der Waals surface area contributed by atoms with Gasteiger partial charge in [-0.05, 0) is 45.1 Å². The Morgan fingerprint density at radius 1 is 1.54 bits per heavy atom. The first-order valence-electron chi connectivity index (χ1n) is 5.02. The van der Waals surface area contributed by atoms with Gasteiger partial charge in [-0.3, -0.25) is 0 Å². The highest BCUT2D eigenvalue weighted by molar-refractivity contribution is 5.20. The smallest absolute Gasteiger partial charge is 0.0753 e. The summed E-state index contributed by atoms with van der Waals surface area (Å²) in [6.07, 6.45) is 4.88. The first kappa shape index (κ1) is 10.3. The Labute approximate surface area is 80.9 Å². The summed E-state index contributed by atoms with van der Waals surface area (Å²) in [6.45, 7) is 4.00. The molecule has 0 aromatic rings. The molecule has 1 nitrogen and oxygen atoms in total. The van der Waals surface area contributed by atoms with Gasteiger partial charge in [0.05, 0.1) is 6.10 Å². The fraction of sp³-hybridized carbons (Fsp3) is 0.667. The van der Waals surface area contributed by atoms with Gasteiger partial charge in [0.25, 0.3) is 0 Å². The topological polar surface area (TPSA) is 20.2 Å². The molecule has 0 saturated carbocycles. The first-order chi connectivity index (χ1) is 6.25. The Morgan fingerprint density at radius 3 is 2.92 bits per heavy atom. The third-order valence-corrected chi connectivity index (χ3v) is 2.68. The molecule has 1 atom stereocenters. The number of allylic oxidation sites excluding steroid dienone is 1. The van der Waals surface area contributed by atoms with Crippen molar-refractivity contribution < 1.29 is 5.11 Å². The molecule has 0 fully saturated rings. The first-order valence-corrected chi connectivity index (χ1v) is 5.02. The summed E-state index contributed by atoms with van der Waals surface area (Å²) in [5.41, 5.74) is 2.63. The molecule has 1 unspecified atom stereocenters. The molecular formula is C12H18O. The van der Waals surface area contributed by atoms with Crippen LogP contribution in [0.1, 0.15) is 46.0 Å². The van der Waals surface area contributed by atoms with Gasteiger partial charge in [-0.15, -0.1) is 11.8 Å². The molecule has 1 rings (SSSR count). The van der Waals surface area contributed by atoms with E-state index in [1.165, 1.54) is 11.1 Å². The van der Waals surface area contributed by atoms with Crippen LogP contribution in [0, 0.1) is 11.8 Å². The van der Waals surface area contributed by atoms with Crippen LogP contribution in [0.4, 0.5) is 0 Å². The third-order valence-electron chi connectivity index (χ3n) is 2.68. The molecule has 72 valence electrons. The minimum absolute atomic E-state index is 0.188. The zero-order valence-electron chi connectivity index (χ0n) is 8.56. The van der Waals surface area contributed by atoms with Gasteiger partial charge in [0.1, 0.15) is 0 Å². The second kappa shape index (κ2) is 5.09.